The number of aryl methyl sites for hydroxylation is 1. The number of fused-ring (bicyclic) bond motifs is 1. The second kappa shape index (κ2) is 4.82. The molecule has 1 fully saturated rings. The van der Waals surface area contributed by atoms with Crippen LogP contribution in [0.1, 0.15) is 24.6 Å². The van der Waals surface area contributed by atoms with E-state index in [-0.39, 0.29) is 0 Å². The smallest absolute Gasteiger partial charge is 0.141 e. The zero-order chi connectivity index (χ0) is 12.5. The van der Waals surface area contributed by atoms with E-state index < -0.39 is 0 Å². The molecule has 1 aliphatic rings. The molecular formula is C13H18N4S. The Bertz CT molecular complexity index is 551. The van der Waals surface area contributed by atoms with E-state index in [2.05, 4.69) is 27.9 Å². The molecule has 4 nitrogen and oxygen atoms in total. The van der Waals surface area contributed by atoms with Gasteiger partial charge in [0.25, 0.3) is 0 Å². The molecule has 0 saturated carbocycles. The Morgan fingerprint density at radius 1 is 1.50 bits per heavy atom. The predicted octanol–water partition coefficient (Wildman–Crippen LogP) is 2.18. The van der Waals surface area contributed by atoms with Crippen molar-refractivity contribution in [2.24, 2.45) is 5.73 Å². The maximum absolute atomic E-state index is 5.85. The van der Waals surface area contributed by atoms with Crippen molar-refractivity contribution in [1.29, 1.82) is 0 Å². The van der Waals surface area contributed by atoms with E-state index in [1.54, 1.807) is 17.7 Å². The summed E-state index contributed by atoms with van der Waals surface area (Å²) in [5.41, 5.74) is 5.85. The number of hydrogen-bond acceptors (Lipinski definition) is 5. The third kappa shape index (κ3) is 1.87. The molecule has 96 valence electrons. The highest BCUT2D eigenvalue weighted by molar-refractivity contribution is 7.18. The zero-order valence-corrected chi connectivity index (χ0v) is 11.4. The fourth-order valence-electron chi connectivity index (χ4n) is 2.66. The Hall–Kier alpha value is -1.20. The summed E-state index contributed by atoms with van der Waals surface area (Å²) in [7, 11) is 0. The molecule has 3 rings (SSSR count). The average molecular weight is 262 g/mol. The number of anilines is 1. The van der Waals surface area contributed by atoms with Crippen molar-refractivity contribution in [3.8, 4) is 0 Å². The quantitative estimate of drug-likeness (QED) is 0.921. The van der Waals surface area contributed by atoms with Gasteiger partial charge in [-0.15, -0.1) is 11.3 Å². The van der Waals surface area contributed by atoms with Crippen LogP contribution in [0, 0.1) is 0 Å². The molecule has 1 aliphatic heterocycles. The Morgan fingerprint density at radius 3 is 3.17 bits per heavy atom. The van der Waals surface area contributed by atoms with Gasteiger partial charge in [-0.3, -0.25) is 0 Å². The van der Waals surface area contributed by atoms with Crippen LogP contribution < -0.4 is 10.6 Å². The summed E-state index contributed by atoms with van der Waals surface area (Å²) < 4.78 is 0. The normalized spacial score (nSPS) is 19.9. The zero-order valence-electron chi connectivity index (χ0n) is 10.6. The molecule has 0 radical (unpaired) electrons. The topological polar surface area (TPSA) is 55.0 Å². The van der Waals surface area contributed by atoms with E-state index in [1.807, 2.05) is 0 Å². The summed E-state index contributed by atoms with van der Waals surface area (Å²) in [4.78, 5) is 13.7. The van der Waals surface area contributed by atoms with Crippen LogP contribution in [-0.2, 0) is 6.42 Å². The van der Waals surface area contributed by atoms with Gasteiger partial charge in [-0.25, -0.2) is 9.97 Å². The van der Waals surface area contributed by atoms with E-state index in [0.29, 0.717) is 12.6 Å². The summed E-state index contributed by atoms with van der Waals surface area (Å²) in [5.74, 6) is 1.07. The lowest BCUT2D eigenvalue weighted by molar-refractivity contribution is 0.673. The minimum absolute atomic E-state index is 0.438. The molecule has 2 aromatic heterocycles. The maximum Gasteiger partial charge on any atom is 0.141 e. The highest BCUT2D eigenvalue weighted by atomic mass is 32.1. The van der Waals surface area contributed by atoms with Crippen LogP contribution in [0.3, 0.4) is 0 Å². The van der Waals surface area contributed by atoms with Gasteiger partial charge in [0.15, 0.2) is 0 Å². The molecule has 1 saturated heterocycles. The minimum Gasteiger partial charge on any atom is -0.352 e. The Kier molecular flexibility index (Phi) is 3.18. The third-order valence-electron chi connectivity index (χ3n) is 3.63. The third-order valence-corrected chi connectivity index (χ3v) is 4.82. The molecule has 0 aliphatic carbocycles. The molecule has 0 amide bonds. The predicted molar refractivity (Wildman–Crippen MR) is 76.2 cm³/mol. The molecule has 1 unspecified atom stereocenters. The fourth-order valence-corrected chi connectivity index (χ4v) is 3.59. The first kappa shape index (κ1) is 11.9. The molecule has 2 aromatic rings. The van der Waals surface area contributed by atoms with E-state index in [4.69, 9.17) is 5.73 Å². The fraction of sp³-hybridized carbons (Fsp3) is 0.538. The van der Waals surface area contributed by atoms with Gasteiger partial charge in [-0.05, 0) is 25.3 Å². The van der Waals surface area contributed by atoms with Crippen molar-refractivity contribution in [2.45, 2.75) is 32.2 Å². The monoisotopic (exact) mass is 262 g/mol. The van der Waals surface area contributed by atoms with Crippen LogP contribution in [0.2, 0.25) is 0 Å². The van der Waals surface area contributed by atoms with Crippen LogP contribution in [0.4, 0.5) is 5.82 Å². The van der Waals surface area contributed by atoms with Crippen molar-refractivity contribution in [3.63, 3.8) is 0 Å². The molecule has 5 heteroatoms. The Labute approximate surface area is 111 Å². The standard InChI is InChI=1S/C13H18N4S/c1-2-10-6-11-12(15-8-16-13(11)18-10)17-5-3-4-9(17)7-14/h6,8-9H,2-5,7,14H2,1H3. The summed E-state index contributed by atoms with van der Waals surface area (Å²) in [6.45, 7) is 3.94. The van der Waals surface area contributed by atoms with Crippen LogP contribution in [0.25, 0.3) is 10.2 Å². The molecule has 0 bridgehead atoms. The summed E-state index contributed by atoms with van der Waals surface area (Å²) >= 11 is 1.77. The van der Waals surface area contributed by atoms with Gasteiger partial charge in [0.2, 0.25) is 0 Å². The second-order valence-electron chi connectivity index (χ2n) is 4.71. The minimum atomic E-state index is 0.438. The van der Waals surface area contributed by atoms with E-state index in [9.17, 15) is 0 Å². The van der Waals surface area contributed by atoms with E-state index in [1.165, 1.54) is 23.1 Å². The van der Waals surface area contributed by atoms with Crippen molar-refractivity contribution < 1.29 is 0 Å². The number of thiophene rings is 1. The van der Waals surface area contributed by atoms with Crippen LogP contribution >= 0.6 is 11.3 Å². The lowest BCUT2D eigenvalue weighted by Gasteiger charge is -2.24. The number of rotatable bonds is 3. The average Bonchev–Trinajstić information content (AvgIpc) is 3.03. The van der Waals surface area contributed by atoms with Crippen molar-refractivity contribution in [1.82, 2.24) is 9.97 Å². The summed E-state index contributed by atoms with van der Waals surface area (Å²) in [6.07, 6.45) is 5.12. The number of nitrogens with two attached hydrogens (primary N) is 1. The second-order valence-corrected chi connectivity index (χ2v) is 5.82. The van der Waals surface area contributed by atoms with E-state index in [0.717, 1.165) is 23.6 Å². The van der Waals surface area contributed by atoms with E-state index >= 15 is 0 Å². The molecule has 0 aromatic carbocycles. The summed E-state index contributed by atoms with van der Waals surface area (Å²) in [6, 6.07) is 2.68. The molecule has 3 heterocycles. The highest BCUT2D eigenvalue weighted by Crippen LogP contribution is 2.33. The highest BCUT2D eigenvalue weighted by Gasteiger charge is 2.26. The molecular weight excluding hydrogens is 244 g/mol. The van der Waals surface area contributed by atoms with Gasteiger partial charge in [-0.2, -0.15) is 0 Å². The van der Waals surface area contributed by atoms with Gasteiger partial charge >= 0.3 is 0 Å². The van der Waals surface area contributed by atoms with Gasteiger partial charge in [0, 0.05) is 24.0 Å². The van der Waals surface area contributed by atoms with Gasteiger partial charge < -0.3 is 10.6 Å². The van der Waals surface area contributed by atoms with Gasteiger partial charge in [0.1, 0.15) is 17.0 Å². The molecule has 2 N–H and O–H groups in total. The number of hydrogen-bond donors (Lipinski definition) is 1. The van der Waals surface area contributed by atoms with Gasteiger partial charge in [-0.1, -0.05) is 6.92 Å². The number of aromatic nitrogens is 2. The Balaban J connectivity index is 2.07. The molecule has 0 spiro atoms. The maximum atomic E-state index is 5.85. The first-order chi connectivity index (χ1) is 8.83. The van der Waals surface area contributed by atoms with Gasteiger partial charge in [0.05, 0.1) is 5.39 Å². The lowest BCUT2D eigenvalue weighted by atomic mass is 10.2. The first-order valence-corrected chi connectivity index (χ1v) is 7.35. The lowest BCUT2D eigenvalue weighted by Crippen LogP contribution is -2.36. The SMILES string of the molecule is CCc1cc2c(N3CCCC3CN)ncnc2s1. The molecule has 1 atom stereocenters. The largest absolute Gasteiger partial charge is 0.352 e. The summed E-state index contributed by atoms with van der Waals surface area (Å²) in [5, 5.41) is 1.19. The van der Waals surface area contributed by atoms with Crippen LogP contribution in [0.5, 0.6) is 0 Å². The van der Waals surface area contributed by atoms with Crippen molar-refractivity contribution in [2.75, 3.05) is 18.0 Å². The molecule has 18 heavy (non-hydrogen) atoms. The number of nitrogens with zero attached hydrogens (tertiary/aromatic N) is 3. The van der Waals surface area contributed by atoms with Crippen LogP contribution in [0.15, 0.2) is 12.4 Å². The van der Waals surface area contributed by atoms with Crippen molar-refractivity contribution in [3.05, 3.63) is 17.3 Å². The first-order valence-electron chi connectivity index (χ1n) is 6.53. The Morgan fingerprint density at radius 2 is 2.39 bits per heavy atom. The van der Waals surface area contributed by atoms with Crippen molar-refractivity contribution >= 4 is 27.4 Å². The van der Waals surface area contributed by atoms with Crippen LogP contribution in [-0.4, -0.2) is 29.1 Å².